The molecule has 0 amide bonds. The van der Waals surface area contributed by atoms with Gasteiger partial charge < -0.3 is 24.2 Å². The van der Waals surface area contributed by atoms with Crippen molar-refractivity contribution in [3.8, 4) is 17.2 Å². The third-order valence-electron chi connectivity index (χ3n) is 5.21. The predicted octanol–water partition coefficient (Wildman–Crippen LogP) is 2.84. The first kappa shape index (κ1) is 18.7. The molecule has 6 nitrogen and oxygen atoms in total. The van der Waals surface area contributed by atoms with Gasteiger partial charge in [0.25, 0.3) is 0 Å². The van der Waals surface area contributed by atoms with Gasteiger partial charge in [-0.05, 0) is 35.9 Å². The van der Waals surface area contributed by atoms with E-state index in [2.05, 4.69) is 15.9 Å². The molecule has 2 aliphatic heterocycles. The Morgan fingerprint density at radius 1 is 1.07 bits per heavy atom. The molecule has 0 aromatic heterocycles. The van der Waals surface area contributed by atoms with Crippen molar-refractivity contribution in [1.29, 1.82) is 0 Å². The zero-order chi connectivity index (χ0) is 19.3. The molecule has 2 aromatic rings. The van der Waals surface area contributed by atoms with E-state index in [4.69, 9.17) is 14.2 Å². The summed E-state index contributed by atoms with van der Waals surface area (Å²) in [6, 6.07) is 13.7. The zero-order valence-corrected chi connectivity index (χ0v) is 16.1. The first-order valence-corrected chi connectivity index (χ1v) is 9.61. The van der Waals surface area contributed by atoms with Gasteiger partial charge in [-0.3, -0.25) is 4.90 Å². The number of hydrogen-bond acceptors (Lipinski definition) is 6. The Morgan fingerprint density at radius 3 is 2.71 bits per heavy atom. The Labute approximate surface area is 165 Å². The maximum absolute atomic E-state index is 10.7. The van der Waals surface area contributed by atoms with Gasteiger partial charge in [0.1, 0.15) is 12.4 Å². The summed E-state index contributed by atoms with van der Waals surface area (Å²) in [6.45, 7) is 4.65. The van der Waals surface area contributed by atoms with E-state index >= 15 is 0 Å². The molecule has 0 aliphatic carbocycles. The molecule has 1 unspecified atom stereocenters. The number of methoxy groups -OCH3 is 1. The molecule has 6 heteroatoms. The molecule has 4 rings (SSSR count). The largest absolute Gasteiger partial charge is 0.495 e. The molecule has 1 N–H and O–H groups in total. The second-order valence-electron chi connectivity index (χ2n) is 6.98. The number of piperazine rings is 1. The zero-order valence-electron chi connectivity index (χ0n) is 16.1. The number of aliphatic hydroxyl groups excluding tert-OH is 1. The fourth-order valence-corrected chi connectivity index (χ4v) is 3.65. The lowest BCUT2D eigenvalue weighted by molar-refractivity contribution is 0.109. The van der Waals surface area contributed by atoms with Gasteiger partial charge in [-0.25, -0.2) is 0 Å². The molecular formula is C22H26N2O4. The summed E-state index contributed by atoms with van der Waals surface area (Å²) in [7, 11) is 1.71. The fraction of sp³-hybridized carbons (Fsp3) is 0.364. The predicted molar refractivity (Wildman–Crippen MR) is 108 cm³/mol. The number of ether oxygens (including phenoxy) is 3. The van der Waals surface area contributed by atoms with E-state index in [-0.39, 0.29) is 0 Å². The molecule has 28 heavy (non-hydrogen) atoms. The van der Waals surface area contributed by atoms with E-state index in [1.54, 1.807) is 13.4 Å². The van der Waals surface area contributed by atoms with Crippen LogP contribution in [0.2, 0.25) is 0 Å². The minimum atomic E-state index is -0.567. The normalized spacial score (nSPS) is 17.9. The third kappa shape index (κ3) is 4.08. The minimum Gasteiger partial charge on any atom is -0.495 e. The number of anilines is 1. The summed E-state index contributed by atoms with van der Waals surface area (Å²) in [6.07, 6.45) is 2.88. The van der Waals surface area contributed by atoms with E-state index < -0.39 is 6.10 Å². The van der Waals surface area contributed by atoms with Crippen molar-refractivity contribution in [1.82, 2.24) is 4.90 Å². The summed E-state index contributed by atoms with van der Waals surface area (Å²) in [5, 5.41) is 10.7. The average molecular weight is 382 g/mol. The molecule has 1 atom stereocenters. The number of hydrogen-bond donors (Lipinski definition) is 1. The van der Waals surface area contributed by atoms with Gasteiger partial charge in [0.15, 0.2) is 11.5 Å². The van der Waals surface area contributed by atoms with Gasteiger partial charge in [-0.2, -0.15) is 0 Å². The van der Waals surface area contributed by atoms with Crippen LogP contribution in [0.3, 0.4) is 0 Å². The van der Waals surface area contributed by atoms with Gasteiger partial charge in [0.05, 0.1) is 25.2 Å². The topological polar surface area (TPSA) is 54.4 Å². The fourth-order valence-electron chi connectivity index (χ4n) is 3.65. The smallest absolute Gasteiger partial charge is 0.168 e. The second kappa shape index (κ2) is 8.54. The Balaban J connectivity index is 1.35. The van der Waals surface area contributed by atoms with Crippen LogP contribution in [0.4, 0.5) is 5.69 Å². The minimum absolute atomic E-state index is 0.470. The molecule has 0 spiro atoms. The number of fused-ring (bicyclic) bond motifs is 1. The van der Waals surface area contributed by atoms with Crippen LogP contribution in [-0.4, -0.2) is 56.4 Å². The lowest BCUT2D eigenvalue weighted by atomic mass is 10.1. The lowest BCUT2D eigenvalue weighted by Crippen LogP contribution is -2.47. The summed E-state index contributed by atoms with van der Waals surface area (Å²) in [5.41, 5.74) is 1.97. The van der Waals surface area contributed by atoms with Crippen molar-refractivity contribution < 1.29 is 19.3 Å². The van der Waals surface area contributed by atoms with Crippen molar-refractivity contribution in [2.75, 3.05) is 51.3 Å². The highest BCUT2D eigenvalue weighted by molar-refractivity contribution is 5.58. The number of β-amino-alcohol motifs (C(OH)–C–C–N with tert-alkyl or cyclic N) is 1. The van der Waals surface area contributed by atoms with Gasteiger partial charge >= 0.3 is 0 Å². The van der Waals surface area contributed by atoms with E-state index in [0.29, 0.717) is 24.7 Å². The molecule has 2 aliphatic rings. The molecule has 1 fully saturated rings. The molecule has 0 saturated carbocycles. The highest BCUT2D eigenvalue weighted by Crippen LogP contribution is 2.33. The summed E-state index contributed by atoms with van der Waals surface area (Å²) in [4.78, 5) is 4.63. The van der Waals surface area contributed by atoms with Crippen molar-refractivity contribution in [3.63, 3.8) is 0 Å². The number of rotatable bonds is 5. The molecule has 148 valence electrons. The quantitative estimate of drug-likeness (QED) is 0.858. The molecule has 1 saturated heterocycles. The maximum Gasteiger partial charge on any atom is 0.168 e. The van der Waals surface area contributed by atoms with Crippen LogP contribution in [0.5, 0.6) is 17.2 Å². The van der Waals surface area contributed by atoms with Crippen LogP contribution in [0, 0.1) is 0 Å². The van der Waals surface area contributed by atoms with E-state index in [1.165, 1.54) is 0 Å². The number of benzene rings is 2. The van der Waals surface area contributed by atoms with Gasteiger partial charge in [-0.15, -0.1) is 0 Å². The lowest BCUT2D eigenvalue weighted by Gasteiger charge is -2.37. The van der Waals surface area contributed by atoms with Gasteiger partial charge in [0, 0.05) is 32.7 Å². The second-order valence-corrected chi connectivity index (χ2v) is 6.98. The molecule has 0 radical (unpaired) electrons. The molecular weight excluding hydrogens is 356 g/mol. The standard InChI is InChI=1S/C22H26N2O4/c1-26-20-6-3-2-5-18(20)24-11-9-23(10-12-24)16-19(25)17-7-8-21-22(15-17)28-14-4-13-27-21/h2-8,13,15,19,25H,9-12,14,16H2,1H3. The van der Waals surface area contributed by atoms with Crippen LogP contribution < -0.4 is 19.1 Å². The monoisotopic (exact) mass is 382 g/mol. The van der Waals surface area contributed by atoms with E-state index in [0.717, 1.165) is 43.2 Å². The maximum atomic E-state index is 10.7. The van der Waals surface area contributed by atoms with Crippen LogP contribution in [0.1, 0.15) is 11.7 Å². The Kier molecular flexibility index (Phi) is 5.69. The van der Waals surface area contributed by atoms with Crippen LogP contribution in [0.25, 0.3) is 0 Å². The van der Waals surface area contributed by atoms with Crippen LogP contribution in [0.15, 0.2) is 54.8 Å². The number of aliphatic hydroxyl groups is 1. The summed E-state index contributed by atoms with van der Waals surface area (Å²) in [5.74, 6) is 2.25. The highest BCUT2D eigenvalue weighted by atomic mass is 16.5. The van der Waals surface area contributed by atoms with E-state index in [9.17, 15) is 5.11 Å². The number of nitrogens with zero attached hydrogens (tertiary/aromatic N) is 2. The van der Waals surface area contributed by atoms with Crippen molar-refractivity contribution in [3.05, 3.63) is 60.4 Å². The average Bonchev–Trinajstić information content (AvgIpc) is 2.99. The molecule has 0 bridgehead atoms. The molecule has 2 heterocycles. The third-order valence-corrected chi connectivity index (χ3v) is 5.21. The van der Waals surface area contributed by atoms with Crippen molar-refractivity contribution in [2.45, 2.75) is 6.10 Å². The van der Waals surface area contributed by atoms with Crippen LogP contribution >= 0.6 is 0 Å². The van der Waals surface area contributed by atoms with E-state index in [1.807, 2.05) is 42.5 Å². The van der Waals surface area contributed by atoms with Crippen LogP contribution in [-0.2, 0) is 0 Å². The van der Waals surface area contributed by atoms with Crippen molar-refractivity contribution >= 4 is 5.69 Å². The summed E-state index contributed by atoms with van der Waals surface area (Å²) >= 11 is 0. The molecule has 2 aromatic carbocycles. The van der Waals surface area contributed by atoms with Gasteiger partial charge in [0.2, 0.25) is 0 Å². The Bertz CT molecular complexity index is 831. The first-order chi connectivity index (χ1) is 13.7. The highest BCUT2D eigenvalue weighted by Gasteiger charge is 2.22. The summed E-state index contributed by atoms with van der Waals surface area (Å²) < 4.78 is 16.6. The van der Waals surface area contributed by atoms with Crippen molar-refractivity contribution in [2.24, 2.45) is 0 Å². The van der Waals surface area contributed by atoms with Gasteiger partial charge in [-0.1, -0.05) is 18.2 Å². The SMILES string of the molecule is COc1ccccc1N1CCN(CC(O)c2ccc3c(c2)OCC=CO3)CC1. The Morgan fingerprint density at radius 2 is 1.89 bits per heavy atom. The number of para-hydroxylation sites is 2. The Hall–Kier alpha value is -2.70. The first-order valence-electron chi connectivity index (χ1n) is 9.61.